The van der Waals surface area contributed by atoms with Gasteiger partial charge in [0.15, 0.2) is 8.32 Å². The zero-order valence-electron chi connectivity index (χ0n) is 12.2. The first-order valence-corrected chi connectivity index (χ1v) is 8.93. The minimum atomic E-state index is -1.87. The summed E-state index contributed by atoms with van der Waals surface area (Å²) in [6.07, 6.45) is -0.201. The van der Waals surface area contributed by atoms with Crippen LogP contribution >= 0.6 is 0 Å². The van der Waals surface area contributed by atoms with E-state index in [1.165, 1.54) is 7.11 Å². The van der Waals surface area contributed by atoms with E-state index in [4.69, 9.17) is 14.9 Å². The maximum Gasteiger partial charge on any atom is 0.312 e. The summed E-state index contributed by atoms with van der Waals surface area (Å²) in [7, 11) is -0.490. The van der Waals surface area contributed by atoms with Crippen molar-refractivity contribution >= 4 is 14.3 Å². The second-order valence-electron chi connectivity index (χ2n) is 5.95. The molecule has 0 unspecified atom stereocenters. The molecule has 5 heteroatoms. The van der Waals surface area contributed by atoms with Crippen LogP contribution in [-0.4, -0.2) is 34.0 Å². The first-order chi connectivity index (χ1) is 7.56. The molecule has 0 amide bonds. The van der Waals surface area contributed by atoms with E-state index in [0.717, 1.165) is 0 Å². The Kier molecular flexibility index (Phi) is 5.84. The smallest absolute Gasteiger partial charge is 0.312 e. The van der Waals surface area contributed by atoms with E-state index in [9.17, 15) is 4.79 Å². The van der Waals surface area contributed by atoms with Gasteiger partial charge >= 0.3 is 5.97 Å². The van der Waals surface area contributed by atoms with Gasteiger partial charge in [0.25, 0.3) is 0 Å². The summed E-state index contributed by atoms with van der Waals surface area (Å²) in [5.41, 5.74) is 5.61. The number of nitrogens with two attached hydrogens (primary N) is 1. The van der Waals surface area contributed by atoms with E-state index >= 15 is 0 Å². The summed E-state index contributed by atoms with van der Waals surface area (Å²) >= 11 is 0. The van der Waals surface area contributed by atoms with E-state index in [1.54, 1.807) is 0 Å². The number of hydrogen-bond donors (Lipinski definition) is 1. The summed E-state index contributed by atoms with van der Waals surface area (Å²) in [5, 5.41) is 0.122. The van der Waals surface area contributed by atoms with Crippen molar-refractivity contribution in [2.24, 2.45) is 11.7 Å². The summed E-state index contributed by atoms with van der Waals surface area (Å²) in [6.45, 7) is 13.0. The SMILES string of the molecule is COC(=O)[C@@H](CN)[C@@H](C)O[Si](C)(C)C(C)(C)C. The maximum atomic E-state index is 11.6. The average Bonchev–Trinajstić information content (AvgIpc) is 2.15. The van der Waals surface area contributed by atoms with Crippen molar-refractivity contribution in [3.05, 3.63) is 0 Å². The van der Waals surface area contributed by atoms with Crippen molar-refractivity contribution in [2.75, 3.05) is 13.7 Å². The van der Waals surface area contributed by atoms with Gasteiger partial charge in [-0.15, -0.1) is 0 Å². The van der Waals surface area contributed by atoms with Crippen LogP contribution in [0.4, 0.5) is 0 Å². The summed E-state index contributed by atoms with van der Waals surface area (Å²) in [6, 6.07) is 0. The largest absolute Gasteiger partial charge is 0.469 e. The van der Waals surface area contributed by atoms with Crippen LogP contribution in [0.2, 0.25) is 18.1 Å². The van der Waals surface area contributed by atoms with Crippen LogP contribution in [0.3, 0.4) is 0 Å². The van der Waals surface area contributed by atoms with Gasteiger partial charge in [-0.05, 0) is 25.1 Å². The molecule has 102 valence electrons. The van der Waals surface area contributed by atoms with Crippen molar-refractivity contribution in [2.45, 2.75) is 51.9 Å². The van der Waals surface area contributed by atoms with Crippen molar-refractivity contribution in [3.63, 3.8) is 0 Å². The van der Waals surface area contributed by atoms with E-state index in [0.29, 0.717) is 0 Å². The fraction of sp³-hybridized carbons (Fsp3) is 0.917. The first-order valence-electron chi connectivity index (χ1n) is 6.02. The Balaban J connectivity index is 4.72. The van der Waals surface area contributed by atoms with Gasteiger partial charge in [-0.1, -0.05) is 20.8 Å². The van der Waals surface area contributed by atoms with Gasteiger partial charge in [0.1, 0.15) is 0 Å². The van der Waals surface area contributed by atoms with Crippen LogP contribution in [0.5, 0.6) is 0 Å². The van der Waals surface area contributed by atoms with Crippen molar-refractivity contribution < 1.29 is 14.0 Å². The molecule has 0 spiro atoms. The zero-order chi connectivity index (χ0) is 13.9. The molecule has 0 aliphatic rings. The lowest BCUT2D eigenvalue weighted by Gasteiger charge is -2.39. The van der Waals surface area contributed by atoms with E-state index in [-0.39, 0.29) is 29.6 Å². The number of ether oxygens (including phenoxy) is 1. The lowest BCUT2D eigenvalue weighted by atomic mass is 10.1. The summed E-state index contributed by atoms with van der Waals surface area (Å²) < 4.78 is 10.9. The summed E-state index contributed by atoms with van der Waals surface area (Å²) in [5.74, 6) is -0.673. The first kappa shape index (κ1) is 16.6. The number of methoxy groups -OCH3 is 1. The molecule has 0 aromatic rings. The Morgan fingerprint density at radius 3 is 2.12 bits per heavy atom. The molecule has 4 nitrogen and oxygen atoms in total. The molecule has 0 aromatic heterocycles. The molecule has 2 atom stereocenters. The normalized spacial score (nSPS) is 16.5. The van der Waals surface area contributed by atoms with Gasteiger partial charge in [-0.25, -0.2) is 0 Å². The van der Waals surface area contributed by atoms with Crippen LogP contribution in [0.15, 0.2) is 0 Å². The van der Waals surface area contributed by atoms with E-state index < -0.39 is 8.32 Å². The average molecular weight is 261 g/mol. The highest BCUT2D eigenvalue weighted by Gasteiger charge is 2.40. The maximum absolute atomic E-state index is 11.6. The minimum absolute atomic E-state index is 0.122. The second-order valence-corrected chi connectivity index (χ2v) is 10.7. The van der Waals surface area contributed by atoms with Gasteiger partial charge in [0, 0.05) is 6.54 Å². The van der Waals surface area contributed by atoms with Gasteiger partial charge in [0.05, 0.1) is 19.1 Å². The molecule has 0 aliphatic carbocycles. The Morgan fingerprint density at radius 1 is 1.35 bits per heavy atom. The Labute approximate surface area is 106 Å². The minimum Gasteiger partial charge on any atom is -0.469 e. The van der Waals surface area contributed by atoms with Crippen molar-refractivity contribution in [1.82, 2.24) is 0 Å². The van der Waals surface area contributed by atoms with Crippen LogP contribution in [0, 0.1) is 5.92 Å². The zero-order valence-corrected chi connectivity index (χ0v) is 13.2. The molecule has 17 heavy (non-hydrogen) atoms. The van der Waals surface area contributed by atoms with Crippen molar-refractivity contribution in [3.8, 4) is 0 Å². The Hall–Kier alpha value is -0.393. The third-order valence-corrected chi connectivity index (χ3v) is 8.18. The molecule has 2 N–H and O–H groups in total. The topological polar surface area (TPSA) is 61.5 Å². The van der Waals surface area contributed by atoms with Crippen molar-refractivity contribution in [1.29, 1.82) is 0 Å². The van der Waals surface area contributed by atoms with Crippen LogP contribution in [0.1, 0.15) is 27.7 Å². The lowest BCUT2D eigenvalue weighted by molar-refractivity contribution is -0.148. The molecule has 0 radical (unpaired) electrons. The van der Waals surface area contributed by atoms with E-state index in [2.05, 4.69) is 33.9 Å². The predicted octanol–water partition coefficient (Wildman–Crippen LogP) is 2.14. The molecule has 0 saturated heterocycles. The lowest BCUT2D eigenvalue weighted by Crippen LogP contribution is -2.47. The highest BCUT2D eigenvalue weighted by atomic mass is 28.4. The second kappa shape index (κ2) is 5.98. The Morgan fingerprint density at radius 2 is 1.82 bits per heavy atom. The van der Waals surface area contributed by atoms with Gasteiger partial charge in [-0.3, -0.25) is 4.79 Å². The standard InChI is InChI=1S/C12H27NO3Si/c1-9(10(8-13)11(14)15-5)16-17(6,7)12(2,3)4/h9-10H,8,13H2,1-7H3/t9-,10+/m1/s1. The number of rotatable bonds is 5. The molecular formula is C12H27NO3Si. The molecule has 0 fully saturated rings. The van der Waals surface area contributed by atoms with Crippen LogP contribution < -0.4 is 5.73 Å². The highest BCUT2D eigenvalue weighted by Crippen LogP contribution is 2.37. The fourth-order valence-electron chi connectivity index (χ4n) is 1.35. The third kappa shape index (κ3) is 4.41. The molecular weight excluding hydrogens is 234 g/mol. The number of hydrogen-bond acceptors (Lipinski definition) is 4. The fourth-order valence-corrected chi connectivity index (χ4v) is 2.80. The number of carbonyl (C=O) groups is 1. The third-order valence-electron chi connectivity index (χ3n) is 3.61. The Bertz CT molecular complexity index is 261. The molecule has 0 bridgehead atoms. The highest BCUT2D eigenvalue weighted by molar-refractivity contribution is 6.74. The molecule has 0 heterocycles. The summed E-state index contributed by atoms with van der Waals surface area (Å²) in [4.78, 5) is 11.6. The number of esters is 1. The predicted molar refractivity (Wildman–Crippen MR) is 72.3 cm³/mol. The molecule has 0 rings (SSSR count). The van der Waals surface area contributed by atoms with Gasteiger partial charge in [0.2, 0.25) is 0 Å². The molecule has 0 aliphatic heterocycles. The monoisotopic (exact) mass is 261 g/mol. The van der Waals surface area contributed by atoms with Gasteiger partial charge < -0.3 is 14.9 Å². The molecule has 0 saturated carbocycles. The van der Waals surface area contributed by atoms with E-state index in [1.807, 2.05) is 6.92 Å². The number of carbonyl (C=O) groups excluding carboxylic acids is 1. The van der Waals surface area contributed by atoms with Crippen LogP contribution in [-0.2, 0) is 14.0 Å². The van der Waals surface area contributed by atoms with Gasteiger partial charge in [-0.2, -0.15) is 0 Å². The van der Waals surface area contributed by atoms with Crippen LogP contribution in [0.25, 0.3) is 0 Å². The molecule has 0 aromatic carbocycles. The quantitative estimate of drug-likeness (QED) is 0.608.